The Kier molecular flexibility index (Phi) is 6.73. The normalized spacial score (nSPS) is 20.5. The first kappa shape index (κ1) is 23.0. The topological polar surface area (TPSA) is 197 Å². The van der Waals surface area contributed by atoms with Crippen LogP contribution in [0.25, 0.3) is 11.4 Å². The molecule has 13 nitrogen and oxygen atoms in total. The minimum atomic E-state index is -4.48. The van der Waals surface area contributed by atoms with Crippen molar-refractivity contribution in [1.82, 2.24) is 36.0 Å². The molecule has 3 heterocycles. The molecule has 1 aromatic heterocycles. The Hall–Kier alpha value is -2.17. The van der Waals surface area contributed by atoms with Crippen LogP contribution in [-0.4, -0.2) is 76.2 Å². The molecule has 1 atom stereocenters. The van der Waals surface area contributed by atoms with Gasteiger partial charge < -0.3 is 16.0 Å². The predicted molar refractivity (Wildman–Crippen MR) is 117 cm³/mol. The minimum absolute atomic E-state index is 0.0254. The van der Waals surface area contributed by atoms with Gasteiger partial charge in [0.15, 0.2) is 0 Å². The van der Waals surface area contributed by atoms with Crippen LogP contribution in [0.3, 0.4) is 0 Å². The van der Waals surface area contributed by atoms with Crippen molar-refractivity contribution in [2.75, 3.05) is 38.0 Å². The van der Waals surface area contributed by atoms with Crippen molar-refractivity contribution in [2.24, 2.45) is 11.1 Å². The number of tetrazole rings is 1. The van der Waals surface area contributed by atoms with Crippen molar-refractivity contribution < 1.29 is 16.8 Å². The number of nitrogens with one attached hydrogen (secondary N) is 5. The summed E-state index contributed by atoms with van der Waals surface area (Å²) in [6.45, 7) is 3.52. The van der Waals surface area contributed by atoms with Crippen molar-refractivity contribution in [3.8, 4) is 11.4 Å². The van der Waals surface area contributed by atoms with Gasteiger partial charge in [0.25, 0.3) is 0 Å². The van der Waals surface area contributed by atoms with Crippen molar-refractivity contribution in [2.45, 2.75) is 35.1 Å². The van der Waals surface area contributed by atoms with E-state index in [2.05, 4.69) is 41.3 Å². The van der Waals surface area contributed by atoms with Gasteiger partial charge in [0.2, 0.25) is 25.9 Å². The van der Waals surface area contributed by atoms with Crippen LogP contribution in [0.1, 0.15) is 19.3 Å². The van der Waals surface area contributed by atoms with E-state index in [1.807, 2.05) is 0 Å². The van der Waals surface area contributed by atoms with Crippen molar-refractivity contribution >= 4 is 25.7 Å². The van der Waals surface area contributed by atoms with E-state index in [4.69, 9.17) is 5.14 Å². The molecule has 32 heavy (non-hydrogen) atoms. The monoisotopic (exact) mass is 485 g/mol. The number of hydrogen-bond acceptors (Lipinski definition) is 10. The Morgan fingerprint density at radius 1 is 1.06 bits per heavy atom. The summed E-state index contributed by atoms with van der Waals surface area (Å²) in [7, 11) is -8.67. The number of sulfonamides is 2. The maximum absolute atomic E-state index is 13.1. The number of nitrogens with two attached hydrogens (primary N) is 1. The van der Waals surface area contributed by atoms with Gasteiger partial charge in [-0.2, -0.15) is 5.21 Å². The second kappa shape index (κ2) is 9.36. The second-order valence-corrected chi connectivity index (χ2v) is 11.2. The smallest absolute Gasteiger partial charge is 0.242 e. The van der Waals surface area contributed by atoms with Gasteiger partial charge in [-0.25, -0.2) is 26.7 Å². The molecule has 2 aliphatic heterocycles. The number of aromatic amines is 1. The predicted octanol–water partition coefficient (Wildman–Crippen LogP) is -1.43. The van der Waals surface area contributed by atoms with Crippen LogP contribution in [0, 0.1) is 5.92 Å². The van der Waals surface area contributed by atoms with E-state index in [1.165, 1.54) is 12.1 Å². The summed E-state index contributed by atoms with van der Waals surface area (Å²) in [4.78, 5) is -1.01. The SMILES string of the molecule is NS(=O)(=O)c1c(S(=O)(=O)NC2CCNC2)ccc(NCC2CCNCC2)c1-c1nn[nH]n1. The lowest BCUT2D eigenvalue weighted by Gasteiger charge is -2.24. The third-order valence-electron chi connectivity index (χ3n) is 5.69. The van der Waals surface area contributed by atoms with E-state index in [1.54, 1.807) is 0 Å². The number of nitrogens with zero attached hydrogens (tertiary/aromatic N) is 3. The highest BCUT2D eigenvalue weighted by Crippen LogP contribution is 2.36. The number of rotatable bonds is 8. The molecule has 2 fully saturated rings. The fourth-order valence-corrected chi connectivity index (χ4v) is 6.95. The summed E-state index contributed by atoms with van der Waals surface area (Å²) in [6.07, 6.45) is 2.54. The van der Waals surface area contributed by atoms with Gasteiger partial charge in [-0.3, -0.25) is 0 Å². The quantitative estimate of drug-likeness (QED) is 0.258. The summed E-state index contributed by atoms with van der Waals surface area (Å²) < 4.78 is 54.2. The van der Waals surface area contributed by atoms with E-state index in [0.717, 1.165) is 25.9 Å². The lowest BCUT2D eigenvalue weighted by molar-refractivity contribution is 0.390. The van der Waals surface area contributed by atoms with E-state index in [0.29, 0.717) is 37.7 Å². The van der Waals surface area contributed by atoms with Crippen molar-refractivity contribution in [3.05, 3.63) is 12.1 Å². The van der Waals surface area contributed by atoms with Crippen molar-refractivity contribution in [3.63, 3.8) is 0 Å². The number of anilines is 1. The van der Waals surface area contributed by atoms with Crippen LogP contribution in [0.15, 0.2) is 21.9 Å². The Bertz CT molecular complexity index is 1140. The number of aromatic nitrogens is 4. The lowest BCUT2D eigenvalue weighted by Crippen LogP contribution is -2.37. The molecule has 2 saturated heterocycles. The summed E-state index contributed by atoms with van der Waals surface area (Å²) in [5.41, 5.74) is 0.345. The minimum Gasteiger partial charge on any atom is -0.384 e. The van der Waals surface area contributed by atoms with Crippen LogP contribution in [0.5, 0.6) is 0 Å². The molecule has 0 amide bonds. The van der Waals surface area contributed by atoms with Crippen molar-refractivity contribution in [1.29, 1.82) is 0 Å². The fourth-order valence-electron chi connectivity index (χ4n) is 4.07. The highest BCUT2D eigenvalue weighted by atomic mass is 32.2. The number of piperidine rings is 1. The van der Waals surface area contributed by atoms with Gasteiger partial charge in [-0.1, -0.05) is 0 Å². The highest BCUT2D eigenvalue weighted by Gasteiger charge is 2.33. The fraction of sp³-hybridized carbons (Fsp3) is 0.588. The zero-order valence-electron chi connectivity index (χ0n) is 17.3. The number of benzene rings is 1. The molecule has 4 rings (SSSR count). The third-order valence-corrected chi connectivity index (χ3v) is 8.37. The van der Waals surface area contributed by atoms with Crippen LogP contribution >= 0.6 is 0 Å². The third kappa shape index (κ3) is 5.07. The average molecular weight is 486 g/mol. The molecule has 1 unspecified atom stereocenters. The Labute approximate surface area is 186 Å². The highest BCUT2D eigenvalue weighted by molar-refractivity contribution is 7.92. The summed E-state index contributed by atoms with van der Waals surface area (Å²) in [6, 6.07) is 2.42. The van der Waals surface area contributed by atoms with Gasteiger partial charge in [0.1, 0.15) is 9.79 Å². The standard InChI is InChI=1S/C17H27N9O4S2/c18-31(27,28)16-14(32(29,30)24-12-5-8-20-10-12)2-1-13(15(16)17-22-25-26-23-17)21-9-11-3-6-19-7-4-11/h1-2,11-12,19-21,24H,3-10H2,(H2,18,27,28)(H,22,23,25,26). The molecule has 0 aliphatic carbocycles. The van der Waals surface area contributed by atoms with Crippen LogP contribution in [0.4, 0.5) is 5.69 Å². The summed E-state index contributed by atoms with van der Waals surface area (Å²) in [5, 5.41) is 28.7. The average Bonchev–Trinajstić information content (AvgIpc) is 3.45. The first-order valence-electron chi connectivity index (χ1n) is 10.4. The molecule has 0 spiro atoms. The maximum atomic E-state index is 13.1. The zero-order valence-corrected chi connectivity index (χ0v) is 19.0. The molecule has 176 valence electrons. The zero-order chi connectivity index (χ0) is 22.8. The number of hydrogen-bond donors (Lipinski definition) is 6. The molecular formula is C17H27N9O4S2. The lowest BCUT2D eigenvalue weighted by atomic mass is 9.98. The molecule has 2 aliphatic rings. The first-order chi connectivity index (χ1) is 15.3. The van der Waals surface area contributed by atoms with Crippen LogP contribution in [0.2, 0.25) is 0 Å². The van der Waals surface area contributed by atoms with Gasteiger partial charge in [0, 0.05) is 24.8 Å². The van der Waals surface area contributed by atoms with Crippen LogP contribution < -0.4 is 25.8 Å². The molecule has 2 aromatic rings. The van der Waals surface area contributed by atoms with E-state index in [9.17, 15) is 16.8 Å². The molecule has 0 saturated carbocycles. The van der Waals surface area contributed by atoms with E-state index >= 15 is 0 Å². The number of H-pyrrole nitrogens is 1. The molecular weight excluding hydrogens is 458 g/mol. The van der Waals surface area contributed by atoms with E-state index < -0.39 is 29.8 Å². The summed E-state index contributed by atoms with van der Waals surface area (Å²) in [5.74, 6) is 0.314. The van der Waals surface area contributed by atoms with Gasteiger partial charge >= 0.3 is 0 Å². The molecule has 7 N–H and O–H groups in total. The largest absolute Gasteiger partial charge is 0.384 e. The number of primary sulfonamides is 1. The molecule has 1 aromatic carbocycles. The molecule has 0 bridgehead atoms. The van der Waals surface area contributed by atoms with E-state index in [-0.39, 0.29) is 17.4 Å². The Morgan fingerprint density at radius 3 is 2.44 bits per heavy atom. The second-order valence-electron chi connectivity index (χ2n) is 7.98. The van der Waals surface area contributed by atoms with Gasteiger partial charge in [-0.15, -0.1) is 10.2 Å². The van der Waals surface area contributed by atoms with Crippen LogP contribution in [-0.2, 0) is 20.0 Å². The van der Waals surface area contributed by atoms with Gasteiger partial charge in [-0.05, 0) is 62.2 Å². The Morgan fingerprint density at radius 2 is 1.81 bits per heavy atom. The maximum Gasteiger partial charge on any atom is 0.242 e. The summed E-state index contributed by atoms with van der Waals surface area (Å²) >= 11 is 0. The first-order valence-corrected chi connectivity index (χ1v) is 13.4. The molecule has 0 radical (unpaired) electrons. The Balaban J connectivity index is 1.78. The van der Waals surface area contributed by atoms with Gasteiger partial charge in [0.05, 0.1) is 5.56 Å². The molecule has 15 heteroatoms.